The van der Waals surface area contributed by atoms with Gasteiger partial charge in [0.05, 0.1) is 18.3 Å². The minimum absolute atomic E-state index is 0.173. The van der Waals surface area contributed by atoms with Crippen molar-refractivity contribution in [1.29, 1.82) is 0 Å². The largest absolute Gasteiger partial charge is 0.396 e. The van der Waals surface area contributed by atoms with Gasteiger partial charge in [0.15, 0.2) is 5.60 Å². The second-order valence-corrected chi connectivity index (χ2v) is 13.9. The first-order valence-electron chi connectivity index (χ1n) is 12.0. The van der Waals surface area contributed by atoms with Crippen LogP contribution in [0.25, 0.3) is 0 Å². The summed E-state index contributed by atoms with van der Waals surface area (Å²) < 4.78 is 22.1. The van der Waals surface area contributed by atoms with Gasteiger partial charge in [0.25, 0.3) is 11.8 Å². The Morgan fingerprint density at radius 1 is 1.26 bits per heavy atom. The van der Waals surface area contributed by atoms with Crippen LogP contribution in [0.15, 0.2) is 48.5 Å². The van der Waals surface area contributed by atoms with E-state index in [1.54, 1.807) is 36.2 Å². The van der Waals surface area contributed by atoms with Gasteiger partial charge in [-0.3, -0.25) is 9.59 Å². The van der Waals surface area contributed by atoms with Crippen LogP contribution < -0.4 is 10.2 Å². The summed E-state index contributed by atoms with van der Waals surface area (Å²) in [5.41, 5.74) is 0.623. The van der Waals surface area contributed by atoms with Gasteiger partial charge < -0.3 is 29.3 Å². The zero-order chi connectivity index (χ0) is 25.5. The molecule has 0 saturated carbocycles. The van der Waals surface area contributed by atoms with Gasteiger partial charge in [-0.25, -0.2) is 0 Å². The summed E-state index contributed by atoms with van der Waals surface area (Å²) in [7, 11) is -3.29. The third-order valence-corrected chi connectivity index (χ3v) is 9.66. The molecule has 0 bridgehead atoms. The summed E-state index contributed by atoms with van der Waals surface area (Å²) in [4.78, 5) is 28.0. The van der Waals surface area contributed by atoms with Gasteiger partial charge in [0.1, 0.15) is 6.10 Å². The minimum atomic E-state index is -3.29. The number of nitrogens with one attached hydrogen (secondary N) is 1. The van der Waals surface area contributed by atoms with E-state index in [1.807, 2.05) is 37.3 Å². The molecule has 1 saturated heterocycles. The molecule has 4 rings (SSSR count). The fourth-order valence-electron chi connectivity index (χ4n) is 5.69. The van der Waals surface area contributed by atoms with E-state index in [1.165, 1.54) is 6.92 Å². The number of aliphatic hydroxyl groups is 2. The predicted octanol–water partition coefficient (Wildman–Crippen LogP) is 3.71. The Morgan fingerprint density at radius 2 is 1.94 bits per heavy atom. The SMILES string of the molecule is C[C@H](O)C(=O)Nc1ccc2c(c1)[C@]1(O[C@@H](CCO)[C@H]([Si](C)(C)F)[C@H]1C)C(=O)N2Cc1ccccc1. The Kier molecular flexibility index (Phi) is 6.89. The predicted molar refractivity (Wildman–Crippen MR) is 134 cm³/mol. The van der Waals surface area contributed by atoms with E-state index in [2.05, 4.69) is 5.32 Å². The second kappa shape index (κ2) is 9.46. The number of aliphatic hydroxyl groups excluding tert-OH is 2. The number of carbonyl (C=O) groups excluding carboxylic acids is 2. The number of rotatable bonds is 7. The highest BCUT2D eigenvalue weighted by molar-refractivity contribution is 6.72. The number of nitrogens with zero attached hydrogens (tertiary/aromatic N) is 1. The number of hydrogen-bond donors (Lipinski definition) is 3. The molecule has 2 heterocycles. The number of fused-ring (bicyclic) bond motifs is 2. The first-order chi connectivity index (χ1) is 16.5. The lowest BCUT2D eigenvalue weighted by atomic mass is 9.82. The Morgan fingerprint density at radius 3 is 2.54 bits per heavy atom. The molecule has 1 spiro atoms. The zero-order valence-electron chi connectivity index (χ0n) is 20.5. The summed E-state index contributed by atoms with van der Waals surface area (Å²) in [5.74, 6) is -1.33. The minimum Gasteiger partial charge on any atom is -0.396 e. The quantitative estimate of drug-likeness (QED) is 0.398. The molecule has 0 unspecified atom stereocenters. The summed E-state index contributed by atoms with van der Waals surface area (Å²) in [6.45, 7) is 6.59. The molecule has 2 aromatic carbocycles. The van der Waals surface area contributed by atoms with Crippen molar-refractivity contribution in [3.8, 4) is 0 Å². The molecule has 3 N–H and O–H groups in total. The fourth-order valence-corrected chi connectivity index (χ4v) is 8.23. The summed E-state index contributed by atoms with van der Waals surface area (Å²) >= 11 is 0. The van der Waals surface area contributed by atoms with Crippen LogP contribution in [0.1, 0.15) is 31.4 Å². The molecule has 7 nitrogen and oxygen atoms in total. The number of amides is 2. The summed E-state index contributed by atoms with van der Waals surface area (Å²) in [6, 6.07) is 14.7. The van der Waals surface area contributed by atoms with Crippen LogP contribution in [0, 0.1) is 5.92 Å². The fraction of sp³-hybridized carbons (Fsp3) is 0.462. The van der Waals surface area contributed by atoms with Gasteiger partial charge in [-0.1, -0.05) is 37.3 Å². The maximum atomic E-state index is 15.6. The summed E-state index contributed by atoms with van der Waals surface area (Å²) in [5, 5.41) is 22.0. The Labute approximate surface area is 206 Å². The van der Waals surface area contributed by atoms with Gasteiger partial charge in [-0.2, -0.15) is 0 Å². The monoisotopic (exact) mass is 500 g/mol. The summed E-state index contributed by atoms with van der Waals surface area (Å²) in [6.07, 6.45) is -1.57. The molecule has 1 fully saturated rings. The van der Waals surface area contributed by atoms with Gasteiger partial charge in [-0.15, -0.1) is 0 Å². The normalized spacial score (nSPS) is 26.8. The van der Waals surface area contributed by atoms with Crippen LogP contribution in [0.2, 0.25) is 18.6 Å². The third-order valence-electron chi connectivity index (χ3n) is 7.20. The van der Waals surface area contributed by atoms with Gasteiger partial charge >= 0.3 is 0 Å². The second-order valence-electron chi connectivity index (χ2n) is 10.1. The molecule has 9 heteroatoms. The van der Waals surface area contributed by atoms with Gasteiger partial charge in [0, 0.05) is 29.3 Å². The van der Waals surface area contributed by atoms with E-state index in [4.69, 9.17) is 4.74 Å². The van der Waals surface area contributed by atoms with Crippen LogP contribution in [0.3, 0.4) is 0 Å². The highest BCUT2D eigenvalue weighted by Gasteiger charge is 2.66. The highest BCUT2D eigenvalue weighted by atomic mass is 28.4. The van der Waals surface area contributed by atoms with Crippen molar-refractivity contribution >= 4 is 31.6 Å². The van der Waals surface area contributed by atoms with Crippen molar-refractivity contribution in [3.05, 3.63) is 59.7 Å². The van der Waals surface area contributed by atoms with Crippen LogP contribution in [0.5, 0.6) is 0 Å². The number of carbonyl (C=O) groups is 2. The molecule has 0 aromatic heterocycles. The molecule has 5 atom stereocenters. The van der Waals surface area contributed by atoms with Crippen LogP contribution >= 0.6 is 0 Å². The smallest absolute Gasteiger partial charge is 0.264 e. The number of ether oxygens (including phenoxy) is 1. The molecule has 0 aliphatic carbocycles. The van der Waals surface area contributed by atoms with Gasteiger partial charge in [0.2, 0.25) is 8.41 Å². The molecule has 188 valence electrons. The van der Waals surface area contributed by atoms with E-state index in [9.17, 15) is 19.8 Å². The van der Waals surface area contributed by atoms with Crippen LogP contribution in [-0.4, -0.2) is 49.2 Å². The topological polar surface area (TPSA) is 99.1 Å². The standard InChI is InChI=1S/C26H33FN2O5Si/c1-16-23(35(3,4)27)22(12-13-30)34-26(16)20-14-19(28-24(32)17(2)31)10-11-21(20)29(25(26)33)15-18-8-6-5-7-9-18/h5-11,14,16-17,22-23,30-31H,12-13,15H2,1-4H3,(H,28,32)/t16-,17+,22+,23-,26+/m1/s1. The van der Waals surface area contributed by atoms with E-state index in [0.29, 0.717) is 23.5 Å². The van der Waals surface area contributed by atoms with Gasteiger partial charge in [-0.05, 0) is 50.2 Å². The van der Waals surface area contributed by atoms with Crippen molar-refractivity contribution in [2.45, 2.75) is 63.3 Å². The molecule has 2 aliphatic heterocycles. The molecule has 35 heavy (non-hydrogen) atoms. The maximum absolute atomic E-state index is 15.6. The number of hydrogen-bond acceptors (Lipinski definition) is 5. The van der Waals surface area contributed by atoms with E-state index in [0.717, 1.165) is 5.56 Å². The van der Waals surface area contributed by atoms with Crippen molar-refractivity contribution in [2.24, 2.45) is 5.92 Å². The van der Waals surface area contributed by atoms with Crippen molar-refractivity contribution in [3.63, 3.8) is 0 Å². The zero-order valence-corrected chi connectivity index (χ0v) is 21.5. The third kappa shape index (κ3) is 4.42. The number of anilines is 2. The molecular weight excluding hydrogens is 467 g/mol. The number of benzene rings is 2. The molecule has 2 aliphatic rings. The lowest BCUT2D eigenvalue weighted by Gasteiger charge is -2.31. The molecule has 0 radical (unpaired) electrons. The Balaban J connectivity index is 1.84. The van der Waals surface area contributed by atoms with Crippen molar-refractivity contribution in [1.82, 2.24) is 0 Å². The average Bonchev–Trinajstić information content (AvgIpc) is 3.22. The molecule has 2 aromatic rings. The molecule has 2 amide bonds. The first kappa shape index (κ1) is 25.5. The van der Waals surface area contributed by atoms with Crippen molar-refractivity contribution < 1.29 is 28.6 Å². The highest BCUT2D eigenvalue weighted by Crippen LogP contribution is 2.60. The van der Waals surface area contributed by atoms with Crippen LogP contribution in [-0.2, 0) is 26.5 Å². The Hall–Kier alpha value is -2.59. The average molecular weight is 501 g/mol. The number of halogens is 1. The Bertz CT molecular complexity index is 1110. The maximum Gasteiger partial charge on any atom is 0.264 e. The van der Waals surface area contributed by atoms with Crippen molar-refractivity contribution in [2.75, 3.05) is 16.8 Å². The lowest BCUT2D eigenvalue weighted by molar-refractivity contribution is -0.146. The van der Waals surface area contributed by atoms with E-state index in [-0.39, 0.29) is 18.9 Å². The van der Waals surface area contributed by atoms with E-state index < -0.39 is 43.6 Å². The molecular formula is C26H33FN2O5Si. The lowest BCUT2D eigenvalue weighted by Crippen LogP contribution is -2.45. The first-order valence-corrected chi connectivity index (χ1v) is 14.9. The van der Waals surface area contributed by atoms with E-state index >= 15 is 4.11 Å². The van der Waals surface area contributed by atoms with Crippen LogP contribution in [0.4, 0.5) is 15.5 Å².